The third-order valence-electron chi connectivity index (χ3n) is 4.31. The van der Waals surface area contributed by atoms with Crippen molar-refractivity contribution in [3.63, 3.8) is 0 Å². The van der Waals surface area contributed by atoms with Crippen molar-refractivity contribution in [2.75, 3.05) is 17.3 Å². The van der Waals surface area contributed by atoms with Crippen LogP contribution in [0, 0.1) is 6.92 Å². The Labute approximate surface area is 155 Å². The number of anilines is 4. The minimum absolute atomic E-state index is 0.0388. The lowest BCUT2D eigenvalue weighted by Gasteiger charge is -2.23. The van der Waals surface area contributed by atoms with E-state index in [1.54, 1.807) is 0 Å². The summed E-state index contributed by atoms with van der Waals surface area (Å²) in [6.45, 7) is 8.61. The molecule has 0 amide bonds. The van der Waals surface area contributed by atoms with E-state index < -0.39 is 0 Å². The van der Waals surface area contributed by atoms with Gasteiger partial charge in [-0.05, 0) is 36.1 Å². The Kier molecular flexibility index (Phi) is 4.94. The van der Waals surface area contributed by atoms with Crippen LogP contribution < -0.4 is 10.2 Å². The molecule has 1 heterocycles. The van der Waals surface area contributed by atoms with Crippen molar-refractivity contribution >= 4 is 23.1 Å². The zero-order valence-corrected chi connectivity index (χ0v) is 16.1. The van der Waals surface area contributed by atoms with E-state index in [1.165, 1.54) is 5.56 Å². The Hall–Kier alpha value is -2.88. The highest BCUT2D eigenvalue weighted by Gasteiger charge is 2.18. The molecule has 0 fully saturated rings. The molecule has 3 rings (SSSR count). The lowest BCUT2D eigenvalue weighted by Crippen LogP contribution is -2.15. The first-order chi connectivity index (χ1) is 12.3. The van der Waals surface area contributed by atoms with Crippen LogP contribution >= 0.6 is 0 Å². The van der Waals surface area contributed by atoms with Crippen molar-refractivity contribution in [2.45, 2.75) is 33.1 Å². The number of benzene rings is 2. The molecule has 2 aromatic carbocycles. The molecule has 0 bridgehead atoms. The average molecular weight is 346 g/mol. The van der Waals surface area contributed by atoms with Gasteiger partial charge in [0, 0.05) is 30.2 Å². The van der Waals surface area contributed by atoms with Crippen molar-refractivity contribution < 1.29 is 0 Å². The first-order valence-electron chi connectivity index (χ1n) is 8.85. The standard InChI is InChI=1S/C22H26N4/c1-16-15-20(26(5)17-11-7-6-8-12-17)25-21(23-16)24-19-14-10-9-13-18(19)22(2,3)4/h6-15H,1-5H3,(H,23,24,25). The van der Waals surface area contributed by atoms with Crippen LogP contribution in [0.4, 0.5) is 23.1 Å². The summed E-state index contributed by atoms with van der Waals surface area (Å²) in [5, 5.41) is 3.42. The third kappa shape index (κ3) is 4.02. The maximum absolute atomic E-state index is 4.73. The van der Waals surface area contributed by atoms with E-state index in [4.69, 9.17) is 4.98 Å². The topological polar surface area (TPSA) is 41.1 Å². The van der Waals surface area contributed by atoms with Gasteiger partial charge in [-0.3, -0.25) is 0 Å². The molecule has 4 nitrogen and oxygen atoms in total. The number of aryl methyl sites for hydroxylation is 1. The molecular weight excluding hydrogens is 320 g/mol. The van der Waals surface area contributed by atoms with E-state index in [-0.39, 0.29) is 5.41 Å². The van der Waals surface area contributed by atoms with Gasteiger partial charge in [0.15, 0.2) is 0 Å². The fraction of sp³-hybridized carbons (Fsp3) is 0.273. The molecule has 3 aromatic rings. The Bertz CT molecular complexity index is 882. The first kappa shape index (κ1) is 17.9. The fourth-order valence-corrected chi connectivity index (χ4v) is 2.93. The largest absolute Gasteiger partial charge is 0.329 e. The van der Waals surface area contributed by atoms with Gasteiger partial charge in [0.1, 0.15) is 5.82 Å². The van der Waals surface area contributed by atoms with Gasteiger partial charge in [-0.25, -0.2) is 4.98 Å². The molecule has 0 spiro atoms. The second-order valence-corrected chi connectivity index (χ2v) is 7.51. The summed E-state index contributed by atoms with van der Waals surface area (Å²) in [6, 6.07) is 20.5. The number of nitrogens with one attached hydrogen (secondary N) is 1. The van der Waals surface area contributed by atoms with Crippen LogP contribution in [0.3, 0.4) is 0 Å². The Morgan fingerprint density at radius 2 is 1.54 bits per heavy atom. The molecule has 0 aliphatic rings. The Morgan fingerprint density at radius 1 is 0.885 bits per heavy atom. The molecule has 0 unspecified atom stereocenters. The van der Waals surface area contributed by atoms with Gasteiger partial charge < -0.3 is 10.2 Å². The van der Waals surface area contributed by atoms with Gasteiger partial charge in [-0.15, -0.1) is 0 Å². The number of rotatable bonds is 4. The normalized spacial score (nSPS) is 11.3. The highest BCUT2D eigenvalue weighted by Crippen LogP contribution is 2.31. The summed E-state index contributed by atoms with van der Waals surface area (Å²) in [6.07, 6.45) is 0. The minimum atomic E-state index is 0.0388. The monoisotopic (exact) mass is 346 g/mol. The SMILES string of the molecule is Cc1cc(N(C)c2ccccc2)nc(Nc2ccccc2C(C)(C)C)n1. The molecule has 1 N–H and O–H groups in total. The van der Waals surface area contributed by atoms with Gasteiger partial charge in [0.05, 0.1) is 0 Å². The van der Waals surface area contributed by atoms with Gasteiger partial charge in [-0.1, -0.05) is 57.2 Å². The molecule has 4 heteroatoms. The number of hydrogen-bond acceptors (Lipinski definition) is 4. The molecule has 134 valence electrons. The van der Waals surface area contributed by atoms with Crippen molar-refractivity contribution in [1.29, 1.82) is 0 Å². The van der Waals surface area contributed by atoms with Gasteiger partial charge in [-0.2, -0.15) is 4.98 Å². The Balaban J connectivity index is 1.95. The molecule has 0 saturated heterocycles. The third-order valence-corrected chi connectivity index (χ3v) is 4.31. The minimum Gasteiger partial charge on any atom is -0.329 e. The summed E-state index contributed by atoms with van der Waals surface area (Å²) in [4.78, 5) is 11.4. The van der Waals surface area contributed by atoms with Crippen molar-refractivity contribution in [3.8, 4) is 0 Å². The first-order valence-corrected chi connectivity index (χ1v) is 8.85. The van der Waals surface area contributed by atoms with Crippen molar-refractivity contribution in [3.05, 3.63) is 71.9 Å². The molecular formula is C22H26N4. The van der Waals surface area contributed by atoms with E-state index in [0.29, 0.717) is 5.95 Å². The molecule has 0 atom stereocenters. The fourth-order valence-electron chi connectivity index (χ4n) is 2.93. The van der Waals surface area contributed by atoms with Crippen LogP contribution in [0.2, 0.25) is 0 Å². The number of aromatic nitrogens is 2. The van der Waals surface area contributed by atoms with Crippen molar-refractivity contribution in [1.82, 2.24) is 9.97 Å². The molecule has 0 radical (unpaired) electrons. The maximum atomic E-state index is 4.73. The molecule has 26 heavy (non-hydrogen) atoms. The summed E-state index contributed by atoms with van der Waals surface area (Å²) in [7, 11) is 2.02. The highest BCUT2D eigenvalue weighted by atomic mass is 15.2. The average Bonchev–Trinajstić information content (AvgIpc) is 2.61. The second kappa shape index (κ2) is 7.16. The van der Waals surface area contributed by atoms with Crippen LogP contribution in [-0.2, 0) is 5.41 Å². The molecule has 0 aliphatic heterocycles. The smallest absolute Gasteiger partial charge is 0.229 e. The Morgan fingerprint density at radius 3 is 2.23 bits per heavy atom. The summed E-state index contributed by atoms with van der Waals surface area (Å²) < 4.78 is 0. The summed E-state index contributed by atoms with van der Waals surface area (Å²) in [5.41, 5.74) is 4.33. The van der Waals surface area contributed by atoms with Gasteiger partial charge >= 0.3 is 0 Å². The number of para-hydroxylation sites is 2. The number of hydrogen-bond donors (Lipinski definition) is 1. The van der Waals surface area contributed by atoms with E-state index >= 15 is 0 Å². The maximum Gasteiger partial charge on any atom is 0.229 e. The highest BCUT2D eigenvalue weighted by molar-refractivity contribution is 5.64. The quantitative estimate of drug-likeness (QED) is 0.668. The predicted octanol–water partition coefficient (Wildman–Crippen LogP) is 5.59. The lowest BCUT2D eigenvalue weighted by molar-refractivity contribution is 0.592. The van der Waals surface area contributed by atoms with Crippen LogP contribution in [-0.4, -0.2) is 17.0 Å². The molecule has 0 aliphatic carbocycles. The predicted molar refractivity (Wildman–Crippen MR) is 110 cm³/mol. The lowest BCUT2D eigenvalue weighted by atomic mass is 9.86. The molecule has 1 aromatic heterocycles. The number of nitrogens with zero attached hydrogens (tertiary/aromatic N) is 3. The molecule has 0 saturated carbocycles. The summed E-state index contributed by atoms with van der Waals surface area (Å²) >= 11 is 0. The zero-order valence-electron chi connectivity index (χ0n) is 16.1. The van der Waals surface area contributed by atoms with Crippen LogP contribution in [0.5, 0.6) is 0 Å². The zero-order chi connectivity index (χ0) is 18.7. The van der Waals surface area contributed by atoms with E-state index in [9.17, 15) is 0 Å². The summed E-state index contributed by atoms with van der Waals surface area (Å²) in [5.74, 6) is 1.47. The van der Waals surface area contributed by atoms with E-state index in [1.807, 2.05) is 44.3 Å². The van der Waals surface area contributed by atoms with Crippen LogP contribution in [0.25, 0.3) is 0 Å². The van der Waals surface area contributed by atoms with Crippen LogP contribution in [0.1, 0.15) is 32.0 Å². The van der Waals surface area contributed by atoms with E-state index in [0.717, 1.165) is 22.9 Å². The second-order valence-electron chi connectivity index (χ2n) is 7.51. The van der Waals surface area contributed by atoms with Crippen LogP contribution in [0.15, 0.2) is 60.7 Å². The van der Waals surface area contributed by atoms with Gasteiger partial charge in [0.25, 0.3) is 0 Å². The van der Waals surface area contributed by atoms with Gasteiger partial charge in [0.2, 0.25) is 5.95 Å². The van der Waals surface area contributed by atoms with E-state index in [2.05, 4.69) is 66.3 Å². The van der Waals surface area contributed by atoms with Crippen molar-refractivity contribution in [2.24, 2.45) is 0 Å².